The molecule has 0 saturated carbocycles. The third-order valence-electron chi connectivity index (χ3n) is 3.62. The first kappa shape index (κ1) is 13.8. The van der Waals surface area contributed by atoms with Crippen LogP contribution < -0.4 is 5.32 Å². The topological polar surface area (TPSA) is 69.7 Å². The molecular formula is C11H21N3O3S. The van der Waals surface area contributed by atoms with Gasteiger partial charge >= 0.3 is 0 Å². The minimum atomic E-state index is -2.90. The number of hydrogen-bond donors (Lipinski definition) is 1. The van der Waals surface area contributed by atoms with Crippen molar-refractivity contribution in [2.45, 2.75) is 13.0 Å². The fourth-order valence-corrected chi connectivity index (χ4v) is 4.08. The summed E-state index contributed by atoms with van der Waals surface area (Å²) < 4.78 is 22.9. The number of carbonyl (C=O) groups excluding carboxylic acids is 1. The Morgan fingerprint density at radius 2 is 1.94 bits per heavy atom. The molecule has 2 rings (SSSR count). The fraction of sp³-hybridized carbons (Fsp3) is 0.909. The van der Waals surface area contributed by atoms with Crippen molar-refractivity contribution in [2.24, 2.45) is 0 Å². The normalized spacial score (nSPS) is 29.2. The van der Waals surface area contributed by atoms with E-state index in [1.807, 2.05) is 16.7 Å². The molecule has 2 saturated heterocycles. The highest BCUT2D eigenvalue weighted by Gasteiger charge is 2.30. The van der Waals surface area contributed by atoms with E-state index in [4.69, 9.17) is 0 Å². The van der Waals surface area contributed by atoms with Gasteiger partial charge in [0, 0.05) is 38.8 Å². The van der Waals surface area contributed by atoms with Crippen LogP contribution in [0.1, 0.15) is 6.92 Å². The molecule has 0 bridgehead atoms. The Hall–Kier alpha value is -0.660. The van der Waals surface area contributed by atoms with Crippen molar-refractivity contribution in [3.63, 3.8) is 0 Å². The van der Waals surface area contributed by atoms with E-state index in [0.717, 1.165) is 26.2 Å². The first-order valence-electron chi connectivity index (χ1n) is 6.41. The zero-order valence-corrected chi connectivity index (χ0v) is 11.6. The van der Waals surface area contributed by atoms with E-state index in [1.54, 1.807) is 0 Å². The van der Waals surface area contributed by atoms with Crippen LogP contribution in [0.25, 0.3) is 0 Å². The average molecular weight is 275 g/mol. The van der Waals surface area contributed by atoms with Gasteiger partial charge in [0.05, 0.1) is 18.1 Å². The van der Waals surface area contributed by atoms with E-state index in [1.165, 1.54) is 0 Å². The molecule has 1 amide bonds. The predicted molar refractivity (Wildman–Crippen MR) is 69.1 cm³/mol. The predicted octanol–water partition coefficient (Wildman–Crippen LogP) is -1.46. The minimum absolute atomic E-state index is 0.0596. The lowest BCUT2D eigenvalue weighted by molar-refractivity contribution is -0.133. The van der Waals surface area contributed by atoms with Gasteiger partial charge in [0.1, 0.15) is 0 Å². The van der Waals surface area contributed by atoms with Crippen molar-refractivity contribution in [3.05, 3.63) is 0 Å². The summed E-state index contributed by atoms with van der Waals surface area (Å²) in [7, 11) is -2.90. The van der Waals surface area contributed by atoms with Gasteiger partial charge in [-0.3, -0.25) is 9.69 Å². The Balaban J connectivity index is 1.87. The molecule has 1 unspecified atom stereocenters. The van der Waals surface area contributed by atoms with Gasteiger partial charge < -0.3 is 10.2 Å². The van der Waals surface area contributed by atoms with Crippen LogP contribution in [0.2, 0.25) is 0 Å². The molecule has 2 heterocycles. The largest absolute Gasteiger partial charge is 0.339 e. The highest BCUT2D eigenvalue weighted by atomic mass is 32.2. The SMILES string of the molecule is CC1CS(=O)(=O)CCN1CC(=O)N1CCNCC1. The maximum Gasteiger partial charge on any atom is 0.236 e. The van der Waals surface area contributed by atoms with Crippen LogP contribution in [0.5, 0.6) is 0 Å². The third kappa shape index (κ3) is 3.43. The number of carbonyl (C=O) groups is 1. The Kier molecular flexibility index (Phi) is 4.24. The molecule has 1 N–H and O–H groups in total. The summed E-state index contributed by atoms with van der Waals surface area (Å²) in [5.74, 6) is 0.455. The maximum absolute atomic E-state index is 12.1. The molecule has 0 aliphatic carbocycles. The molecule has 2 fully saturated rings. The molecule has 2 aliphatic heterocycles. The third-order valence-corrected chi connectivity index (χ3v) is 5.41. The summed E-state index contributed by atoms with van der Waals surface area (Å²) in [5.41, 5.74) is 0. The average Bonchev–Trinajstić information content (AvgIpc) is 2.33. The fourth-order valence-electron chi connectivity index (χ4n) is 2.46. The summed E-state index contributed by atoms with van der Waals surface area (Å²) >= 11 is 0. The molecule has 0 aromatic heterocycles. The number of nitrogens with one attached hydrogen (secondary N) is 1. The standard InChI is InChI=1S/C11H21N3O3S/c1-10-9-18(16,17)7-6-14(10)8-11(15)13-4-2-12-3-5-13/h10,12H,2-9H2,1H3. The number of amides is 1. The number of hydrogen-bond acceptors (Lipinski definition) is 5. The summed E-state index contributed by atoms with van der Waals surface area (Å²) in [6, 6.07) is -0.0596. The zero-order valence-electron chi connectivity index (χ0n) is 10.8. The molecule has 1 atom stereocenters. The second kappa shape index (κ2) is 5.54. The molecule has 0 aromatic rings. The quantitative estimate of drug-likeness (QED) is 0.667. The van der Waals surface area contributed by atoms with Gasteiger partial charge in [-0.2, -0.15) is 0 Å². The van der Waals surface area contributed by atoms with Crippen molar-refractivity contribution in [1.29, 1.82) is 0 Å². The monoisotopic (exact) mass is 275 g/mol. The van der Waals surface area contributed by atoms with Gasteiger partial charge in [0.15, 0.2) is 9.84 Å². The second-order valence-electron chi connectivity index (χ2n) is 5.06. The smallest absolute Gasteiger partial charge is 0.236 e. The molecule has 104 valence electrons. The zero-order chi connectivity index (χ0) is 13.2. The minimum Gasteiger partial charge on any atom is -0.339 e. The summed E-state index contributed by atoms with van der Waals surface area (Å²) in [4.78, 5) is 15.9. The van der Waals surface area contributed by atoms with E-state index in [-0.39, 0.29) is 23.5 Å². The molecule has 6 nitrogen and oxygen atoms in total. The second-order valence-corrected chi connectivity index (χ2v) is 7.29. The van der Waals surface area contributed by atoms with Crippen molar-refractivity contribution in [2.75, 3.05) is 50.8 Å². The Bertz CT molecular complexity index is 404. The molecule has 0 aromatic carbocycles. The van der Waals surface area contributed by atoms with Crippen molar-refractivity contribution < 1.29 is 13.2 Å². The van der Waals surface area contributed by atoms with Gasteiger partial charge in [-0.05, 0) is 6.92 Å². The lowest BCUT2D eigenvalue weighted by Gasteiger charge is -2.35. The van der Waals surface area contributed by atoms with E-state index < -0.39 is 9.84 Å². The number of sulfone groups is 1. The van der Waals surface area contributed by atoms with E-state index in [0.29, 0.717) is 13.1 Å². The lowest BCUT2D eigenvalue weighted by atomic mass is 10.3. The Morgan fingerprint density at radius 3 is 2.56 bits per heavy atom. The maximum atomic E-state index is 12.1. The highest BCUT2D eigenvalue weighted by Crippen LogP contribution is 2.11. The van der Waals surface area contributed by atoms with Crippen LogP contribution in [0.4, 0.5) is 0 Å². The van der Waals surface area contributed by atoms with Crippen LogP contribution in [0.3, 0.4) is 0 Å². The van der Waals surface area contributed by atoms with Crippen LogP contribution in [-0.2, 0) is 14.6 Å². The number of nitrogens with zero attached hydrogens (tertiary/aromatic N) is 2. The van der Waals surface area contributed by atoms with Gasteiger partial charge in [0.25, 0.3) is 0 Å². The number of rotatable bonds is 2. The van der Waals surface area contributed by atoms with E-state index >= 15 is 0 Å². The first-order valence-corrected chi connectivity index (χ1v) is 8.23. The van der Waals surface area contributed by atoms with Crippen LogP contribution in [-0.4, -0.2) is 80.9 Å². The van der Waals surface area contributed by atoms with Gasteiger partial charge in [-0.25, -0.2) is 8.42 Å². The van der Waals surface area contributed by atoms with Crippen molar-refractivity contribution in [1.82, 2.24) is 15.1 Å². The molecule has 18 heavy (non-hydrogen) atoms. The van der Waals surface area contributed by atoms with E-state index in [9.17, 15) is 13.2 Å². The van der Waals surface area contributed by atoms with Crippen LogP contribution >= 0.6 is 0 Å². The summed E-state index contributed by atoms with van der Waals surface area (Å²) in [5, 5.41) is 3.21. The lowest BCUT2D eigenvalue weighted by Crippen LogP contribution is -2.53. The summed E-state index contributed by atoms with van der Waals surface area (Å²) in [6.45, 7) is 5.88. The van der Waals surface area contributed by atoms with Crippen molar-refractivity contribution in [3.8, 4) is 0 Å². The van der Waals surface area contributed by atoms with Gasteiger partial charge in [-0.15, -0.1) is 0 Å². The van der Waals surface area contributed by atoms with Crippen LogP contribution in [0.15, 0.2) is 0 Å². The summed E-state index contributed by atoms with van der Waals surface area (Å²) in [6.07, 6.45) is 0. The Labute approximate surface area is 108 Å². The van der Waals surface area contributed by atoms with E-state index in [2.05, 4.69) is 5.32 Å². The molecule has 7 heteroatoms. The van der Waals surface area contributed by atoms with Crippen molar-refractivity contribution >= 4 is 15.7 Å². The van der Waals surface area contributed by atoms with Gasteiger partial charge in [-0.1, -0.05) is 0 Å². The molecular weight excluding hydrogens is 254 g/mol. The molecule has 0 radical (unpaired) electrons. The van der Waals surface area contributed by atoms with Gasteiger partial charge in [0.2, 0.25) is 5.91 Å². The Morgan fingerprint density at radius 1 is 1.28 bits per heavy atom. The molecule has 2 aliphatic rings. The molecule has 0 spiro atoms. The first-order chi connectivity index (χ1) is 8.48. The highest BCUT2D eigenvalue weighted by molar-refractivity contribution is 7.91. The number of piperazine rings is 1. The van der Waals surface area contributed by atoms with Crippen LogP contribution in [0, 0.1) is 0 Å².